The fraction of sp³-hybridized carbons (Fsp3) is 0.294. The Morgan fingerprint density at radius 2 is 2.04 bits per heavy atom. The number of benzene rings is 1. The van der Waals surface area contributed by atoms with Crippen LogP contribution in [0.1, 0.15) is 15.9 Å². The molecule has 0 bridgehead atoms. The molecule has 0 saturated heterocycles. The van der Waals surface area contributed by atoms with E-state index in [9.17, 15) is 9.90 Å². The highest BCUT2D eigenvalue weighted by Crippen LogP contribution is 2.26. The van der Waals surface area contributed by atoms with Crippen LogP contribution in [0.25, 0.3) is 0 Å². The summed E-state index contributed by atoms with van der Waals surface area (Å²) in [4.78, 5) is 18.3. The number of hydrogen-bond donors (Lipinski definition) is 1. The summed E-state index contributed by atoms with van der Waals surface area (Å²) in [5, 5.41) is 9.32. The molecule has 1 N–H and O–H groups in total. The Kier molecular flexibility index (Phi) is 6.57. The lowest BCUT2D eigenvalue weighted by molar-refractivity contribution is 0.0706. The number of rotatable bonds is 7. The first-order valence-electron chi connectivity index (χ1n) is 7.30. The van der Waals surface area contributed by atoms with Crippen LogP contribution in [-0.2, 0) is 6.54 Å². The van der Waals surface area contributed by atoms with Crippen LogP contribution in [0.4, 0.5) is 0 Å². The monoisotopic (exact) mass is 394 g/mol. The van der Waals surface area contributed by atoms with E-state index in [4.69, 9.17) is 9.47 Å². The molecule has 0 aliphatic heterocycles. The highest BCUT2D eigenvalue weighted by Gasteiger charge is 2.18. The van der Waals surface area contributed by atoms with Gasteiger partial charge in [0, 0.05) is 35.5 Å². The molecule has 0 radical (unpaired) electrons. The van der Waals surface area contributed by atoms with Crippen molar-refractivity contribution < 1.29 is 19.4 Å². The normalized spacial score (nSPS) is 10.3. The minimum atomic E-state index is -0.220. The summed E-state index contributed by atoms with van der Waals surface area (Å²) in [6.07, 6.45) is 3.11. The number of aliphatic hydroxyl groups is 1. The Labute approximate surface area is 149 Å². The topological polar surface area (TPSA) is 71.9 Å². The van der Waals surface area contributed by atoms with Crippen LogP contribution in [0.5, 0.6) is 11.5 Å². The van der Waals surface area contributed by atoms with Gasteiger partial charge in [-0.3, -0.25) is 9.78 Å². The van der Waals surface area contributed by atoms with E-state index >= 15 is 0 Å². The largest absolute Gasteiger partial charge is 0.497 e. The number of ether oxygens (including phenoxy) is 2. The highest BCUT2D eigenvalue weighted by atomic mass is 79.9. The smallest absolute Gasteiger partial charge is 0.255 e. The average molecular weight is 395 g/mol. The predicted molar refractivity (Wildman–Crippen MR) is 93.3 cm³/mol. The predicted octanol–water partition coefficient (Wildman–Crippen LogP) is 2.50. The van der Waals surface area contributed by atoms with Crippen LogP contribution in [0.2, 0.25) is 0 Å². The summed E-state index contributed by atoms with van der Waals surface area (Å²) in [5.74, 6) is 1.10. The molecule has 0 saturated carbocycles. The Hall–Kier alpha value is -2.12. The Morgan fingerprint density at radius 3 is 2.67 bits per heavy atom. The van der Waals surface area contributed by atoms with E-state index in [0.717, 1.165) is 10.0 Å². The number of halogens is 1. The molecule has 0 unspecified atom stereocenters. The number of amides is 1. The zero-order chi connectivity index (χ0) is 17.5. The first-order chi connectivity index (χ1) is 11.6. The Balaban J connectivity index is 2.30. The van der Waals surface area contributed by atoms with Gasteiger partial charge in [-0.25, -0.2) is 0 Å². The van der Waals surface area contributed by atoms with E-state index in [0.29, 0.717) is 17.1 Å². The number of aromatic nitrogens is 1. The number of hydrogen-bond acceptors (Lipinski definition) is 5. The van der Waals surface area contributed by atoms with Crippen molar-refractivity contribution in [3.63, 3.8) is 0 Å². The van der Waals surface area contributed by atoms with E-state index in [2.05, 4.69) is 20.9 Å². The maximum Gasteiger partial charge on any atom is 0.255 e. The molecule has 0 aliphatic rings. The molecule has 0 spiro atoms. The van der Waals surface area contributed by atoms with Crippen molar-refractivity contribution in [2.24, 2.45) is 0 Å². The SMILES string of the molecule is COc1ccc(OC)c(CN(CCO)C(=O)c2cncc(Br)c2)c1. The van der Waals surface area contributed by atoms with E-state index in [1.54, 1.807) is 43.5 Å². The van der Waals surface area contributed by atoms with Crippen LogP contribution in [0.15, 0.2) is 41.1 Å². The van der Waals surface area contributed by atoms with Gasteiger partial charge >= 0.3 is 0 Å². The van der Waals surface area contributed by atoms with Gasteiger partial charge < -0.3 is 19.5 Å². The summed E-state index contributed by atoms with van der Waals surface area (Å²) in [7, 11) is 3.15. The number of carbonyl (C=O) groups is 1. The molecule has 0 fully saturated rings. The highest BCUT2D eigenvalue weighted by molar-refractivity contribution is 9.10. The Bertz CT molecular complexity index is 709. The fourth-order valence-corrected chi connectivity index (χ4v) is 2.66. The summed E-state index contributed by atoms with van der Waals surface area (Å²) >= 11 is 3.31. The number of methoxy groups -OCH3 is 2. The second-order valence-corrected chi connectivity index (χ2v) is 5.94. The van der Waals surface area contributed by atoms with Crippen molar-refractivity contribution in [3.05, 3.63) is 52.3 Å². The number of nitrogens with zero attached hydrogens (tertiary/aromatic N) is 2. The maximum absolute atomic E-state index is 12.7. The van der Waals surface area contributed by atoms with Crippen molar-refractivity contribution in [2.75, 3.05) is 27.4 Å². The molecule has 1 aromatic carbocycles. The van der Waals surface area contributed by atoms with Crippen molar-refractivity contribution in [2.45, 2.75) is 6.54 Å². The van der Waals surface area contributed by atoms with Crippen LogP contribution in [0, 0.1) is 0 Å². The zero-order valence-corrected chi connectivity index (χ0v) is 15.1. The molecule has 2 aromatic rings. The van der Waals surface area contributed by atoms with Crippen LogP contribution < -0.4 is 9.47 Å². The molecule has 0 atom stereocenters. The minimum Gasteiger partial charge on any atom is -0.497 e. The van der Waals surface area contributed by atoms with E-state index in [-0.39, 0.29) is 25.6 Å². The molecule has 24 heavy (non-hydrogen) atoms. The van der Waals surface area contributed by atoms with Crippen molar-refractivity contribution in [1.29, 1.82) is 0 Å². The van der Waals surface area contributed by atoms with Gasteiger partial charge in [-0.2, -0.15) is 0 Å². The fourth-order valence-electron chi connectivity index (χ4n) is 2.30. The average Bonchev–Trinajstić information content (AvgIpc) is 2.60. The lowest BCUT2D eigenvalue weighted by Crippen LogP contribution is -2.33. The molecule has 1 aromatic heterocycles. The number of aliphatic hydroxyl groups excluding tert-OH is 1. The van der Waals surface area contributed by atoms with Crippen molar-refractivity contribution in [1.82, 2.24) is 9.88 Å². The molecule has 6 nitrogen and oxygen atoms in total. The van der Waals surface area contributed by atoms with Crippen molar-refractivity contribution >= 4 is 21.8 Å². The molecular weight excluding hydrogens is 376 g/mol. The standard InChI is InChI=1S/C17H19BrN2O4/c1-23-15-3-4-16(24-2)13(8-15)11-20(5-6-21)17(22)12-7-14(18)10-19-9-12/h3-4,7-10,21H,5-6,11H2,1-2H3. The zero-order valence-electron chi connectivity index (χ0n) is 13.5. The van der Waals surface area contributed by atoms with Crippen LogP contribution in [0.3, 0.4) is 0 Å². The van der Waals surface area contributed by atoms with E-state index in [1.165, 1.54) is 6.20 Å². The minimum absolute atomic E-state index is 0.139. The van der Waals surface area contributed by atoms with Gasteiger partial charge in [0.25, 0.3) is 5.91 Å². The van der Waals surface area contributed by atoms with Crippen molar-refractivity contribution in [3.8, 4) is 11.5 Å². The first kappa shape index (κ1) is 18.2. The van der Waals surface area contributed by atoms with Crippen LogP contribution >= 0.6 is 15.9 Å². The lowest BCUT2D eigenvalue weighted by atomic mass is 10.1. The second-order valence-electron chi connectivity index (χ2n) is 5.02. The molecule has 0 aliphatic carbocycles. The van der Waals surface area contributed by atoms with Gasteiger partial charge in [-0.1, -0.05) is 0 Å². The number of carbonyl (C=O) groups excluding carboxylic acids is 1. The molecule has 128 valence electrons. The van der Waals surface area contributed by atoms with Gasteiger partial charge in [0.15, 0.2) is 0 Å². The van der Waals surface area contributed by atoms with E-state index < -0.39 is 0 Å². The van der Waals surface area contributed by atoms with Gasteiger partial charge in [0.1, 0.15) is 11.5 Å². The lowest BCUT2D eigenvalue weighted by Gasteiger charge is -2.23. The summed E-state index contributed by atoms with van der Waals surface area (Å²) in [5.41, 5.74) is 1.24. The summed E-state index contributed by atoms with van der Waals surface area (Å²) < 4.78 is 11.3. The van der Waals surface area contributed by atoms with Gasteiger partial charge in [-0.05, 0) is 40.2 Å². The maximum atomic E-state index is 12.7. The third kappa shape index (κ3) is 4.46. The molecule has 2 rings (SSSR count). The Morgan fingerprint density at radius 1 is 1.25 bits per heavy atom. The third-order valence-corrected chi connectivity index (χ3v) is 3.89. The summed E-state index contributed by atoms with van der Waals surface area (Å²) in [6, 6.07) is 7.09. The molecule has 7 heteroatoms. The quantitative estimate of drug-likeness (QED) is 0.780. The number of pyridine rings is 1. The first-order valence-corrected chi connectivity index (χ1v) is 8.10. The molecular formula is C17H19BrN2O4. The second kappa shape index (κ2) is 8.65. The van der Waals surface area contributed by atoms with Gasteiger partial charge in [0.05, 0.1) is 26.4 Å². The third-order valence-electron chi connectivity index (χ3n) is 3.46. The molecule has 1 heterocycles. The summed E-state index contributed by atoms with van der Waals surface area (Å²) in [6.45, 7) is 0.345. The van der Waals surface area contributed by atoms with E-state index in [1.807, 2.05) is 6.07 Å². The van der Waals surface area contributed by atoms with Crippen LogP contribution in [-0.4, -0.2) is 48.3 Å². The molecule has 1 amide bonds. The van der Waals surface area contributed by atoms with Gasteiger partial charge in [0.2, 0.25) is 0 Å². The van der Waals surface area contributed by atoms with Gasteiger partial charge in [-0.15, -0.1) is 0 Å².